The van der Waals surface area contributed by atoms with Crippen LogP contribution in [0.4, 0.5) is 5.82 Å². The van der Waals surface area contributed by atoms with Crippen LogP contribution in [-0.2, 0) is 0 Å². The van der Waals surface area contributed by atoms with Crippen LogP contribution in [0.5, 0.6) is 0 Å². The van der Waals surface area contributed by atoms with Crippen LogP contribution in [0, 0.1) is 6.92 Å². The Morgan fingerprint density at radius 3 is 2.71 bits per heavy atom. The molecule has 1 saturated carbocycles. The maximum absolute atomic E-state index is 12.9. The summed E-state index contributed by atoms with van der Waals surface area (Å²) < 4.78 is 0. The smallest absolute Gasteiger partial charge is 0.256 e. The molecule has 1 amide bonds. The highest BCUT2D eigenvalue weighted by Gasteiger charge is 2.25. The number of anilines is 1. The van der Waals surface area contributed by atoms with Gasteiger partial charge in [0.1, 0.15) is 11.4 Å². The lowest BCUT2D eigenvalue weighted by molar-refractivity contribution is 0.0939. The van der Waals surface area contributed by atoms with E-state index in [0.717, 1.165) is 30.6 Å². The fourth-order valence-electron chi connectivity index (χ4n) is 3.77. The number of aryl methyl sites for hydroxylation is 1. The first kappa shape index (κ1) is 20.3. The van der Waals surface area contributed by atoms with Crippen LogP contribution in [0.1, 0.15) is 68.3 Å². The normalized spacial score (nSPS) is 15.9. The van der Waals surface area contributed by atoms with Crippen LogP contribution >= 0.6 is 0 Å². The van der Waals surface area contributed by atoms with Crippen molar-refractivity contribution >= 4 is 11.7 Å². The minimum Gasteiger partial charge on any atom is -0.356 e. The third kappa shape index (κ3) is 4.70. The van der Waals surface area contributed by atoms with Crippen LogP contribution in [0.25, 0.3) is 11.4 Å². The van der Waals surface area contributed by atoms with Crippen molar-refractivity contribution in [2.75, 3.05) is 11.9 Å². The zero-order valence-electron chi connectivity index (χ0n) is 17.5. The monoisotopic (exact) mass is 380 g/mol. The number of rotatable bonds is 6. The second-order valence-electron chi connectivity index (χ2n) is 7.99. The molecule has 0 spiro atoms. The van der Waals surface area contributed by atoms with Crippen LogP contribution in [-0.4, -0.2) is 35.0 Å². The molecule has 2 aromatic rings. The molecule has 1 atom stereocenters. The van der Waals surface area contributed by atoms with Gasteiger partial charge < -0.3 is 10.2 Å². The highest BCUT2D eigenvalue weighted by atomic mass is 16.1. The molecule has 1 aliphatic carbocycles. The maximum atomic E-state index is 12.9. The Kier molecular flexibility index (Phi) is 6.65. The van der Waals surface area contributed by atoms with E-state index in [4.69, 9.17) is 4.98 Å². The van der Waals surface area contributed by atoms with Gasteiger partial charge in [-0.1, -0.05) is 49.9 Å². The lowest BCUT2D eigenvalue weighted by Gasteiger charge is -2.33. The van der Waals surface area contributed by atoms with Crippen LogP contribution in [0.15, 0.2) is 30.5 Å². The molecule has 0 radical (unpaired) electrons. The van der Waals surface area contributed by atoms with Gasteiger partial charge in [-0.2, -0.15) is 0 Å². The Morgan fingerprint density at radius 2 is 2.04 bits per heavy atom. The molecule has 1 heterocycles. The van der Waals surface area contributed by atoms with Crippen molar-refractivity contribution in [3.8, 4) is 11.4 Å². The third-order valence-corrected chi connectivity index (χ3v) is 5.74. The van der Waals surface area contributed by atoms with Gasteiger partial charge in [-0.25, -0.2) is 9.97 Å². The first-order valence-electron chi connectivity index (χ1n) is 10.5. The van der Waals surface area contributed by atoms with Crippen molar-refractivity contribution in [3.63, 3.8) is 0 Å². The van der Waals surface area contributed by atoms with E-state index in [1.807, 2.05) is 19.1 Å². The quantitative estimate of drug-likeness (QED) is 0.786. The Morgan fingerprint density at radius 1 is 1.29 bits per heavy atom. The number of nitrogens with one attached hydrogen (secondary N) is 1. The second-order valence-corrected chi connectivity index (χ2v) is 7.99. The first-order valence-corrected chi connectivity index (χ1v) is 10.5. The number of carbonyl (C=O) groups is 1. The largest absolute Gasteiger partial charge is 0.356 e. The van der Waals surface area contributed by atoms with E-state index in [-0.39, 0.29) is 11.9 Å². The summed E-state index contributed by atoms with van der Waals surface area (Å²) in [6.07, 6.45) is 8.64. The molecule has 0 aliphatic heterocycles. The molecule has 0 bridgehead atoms. The maximum Gasteiger partial charge on any atom is 0.256 e. The number of hydrogen-bond donors (Lipinski definition) is 1. The minimum atomic E-state index is -0.0946. The highest BCUT2D eigenvalue weighted by Crippen LogP contribution is 2.29. The zero-order chi connectivity index (χ0) is 20.1. The van der Waals surface area contributed by atoms with Crippen LogP contribution in [0.3, 0.4) is 0 Å². The molecule has 5 heteroatoms. The summed E-state index contributed by atoms with van der Waals surface area (Å²) in [5.74, 6) is 1.31. The van der Waals surface area contributed by atoms with Crippen LogP contribution < -0.4 is 10.2 Å². The first-order chi connectivity index (χ1) is 13.5. The van der Waals surface area contributed by atoms with Crippen molar-refractivity contribution in [1.29, 1.82) is 0 Å². The fraction of sp³-hybridized carbons (Fsp3) is 0.522. The SMILES string of the molecule is CC[C@H](C)NC(=O)c1cnc(-c2cccc(C)c2)nc1N(C)C1CCCCC1. The van der Waals surface area contributed by atoms with Crippen molar-refractivity contribution in [3.05, 3.63) is 41.6 Å². The lowest BCUT2D eigenvalue weighted by Crippen LogP contribution is -2.38. The summed E-state index contributed by atoms with van der Waals surface area (Å²) >= 11 is 0. The van der Waals surface area contributed by atoms with Gasteiger partial charge in [0.25, 0.3) is 5.91 Å². The van der Waals surface area contributed by atoms with Gasteiger partial charge in [0.05, 0.1) is 0 Å². The van der Waals surface area contributed by atoms with E-state index >= 15 is 0 Å². The lowest BCUT2D eigenvalue weighted by atomic mass is 9.94. The van der Waals surface area contributed by atoms with E-state index in [2.05, 4.69) is 48.2 Å². The summed E-state index contributed by atoms with van der Waals surface area (Å²) in [7, 11) is 2.07. The summed E-state index contributed by atoms with van der Waals surface area (Å²) in [4.78, 5) is 24.5. The molecule has 1 fully saturated rings. The van der Waals surface area contributed by atoms with E-state index < -0.39 is 0 Å². The average molecular weight is 381 g/mol. The summed E-state index contributed by atoms with van der Waals surface area (Å²) in [6, 6.07) is 8.72. The molecule has 3 rings (SSSR count). The Balaban J connectivity index is 1.99. The molecular weight excluding hydrogens is 348 g/mol. The molecule has 5 nitrogen and oxygen atoms in total. The van der Waals surface area contributed by atoms with E-state index in [1.165, 1.54) is 24.8 Å². The average Bonchev–Trinajstić information content (AvgIpc) is 2.73. The zero-order valence-corrected chi connectivity index (χ0v) is 17.5. The summed E-state index contributed by atoms with van der Waals surface area (Å²) in [5, 5.41) is 3.07. The predicted molar refractivity (Wildman–Crippen MR) is 115 cm³/mol. The van der Waals surface area contributed by atoms with Crippen molar-refractivity contribution in [2.45, 2.75) is 71.4 Å². The van der Waals surface area contributed by atoms with Gasteiger partial charge in [-0.15, -0.1) is 0 Å². The van der Waals surface area contributed by atoms with Crippen molar-refractivity contribution in [1.82, 2.24) is 15.3 Å². The number of carbonyl (C=O) groups excluding carboxylic acids is 1. The van der Waals surface area contributed by atoms with E-state index in [9.17, 15) is 4.79 Å². The highest BCUT2D eigenvalue weighted by molar-refractivity contribution is 5.99. The van der Waals surface area contributed by atoms with E-state index in [0.29, 0.717) is 17.4 Å². The number of amides is 1. The molecular formula is C23H32N4O. The Hall–Kier alpha value is -2.43. The van der Waals surface area contributed by atoms with E-state index in [1.54, 1.807) is 6.20 Å². The van der Waals surface area contributed by atoms with Gasteiger partial charge in [0.2, 0.25) is 0 Å². The molecule has 0 unspecified atom stereocenters. The summed E-state index contributed by atoms with van der Waals surface area (Å²) in [6.45, 7) is 6.15. The summed E-state index contributed by atoms with van der Waals surface area (Å²) in [5.41, 5.74) is 2.71. The number of hydrogen-bond acceptors (Lipinski definition) is 4. The molecule has 150 valence electrons. The molecule has 1 aromatic carbocycles. The van der Waals surface area contributed by atoms with Crippen molar-refractivity contribution < 1.29 is 4.79 Å². The van der Waals surface area contributed by atoms with Gasteiger partial charge >= 0.3 is 0 Å². The molecule has 1 aromatic heterocycles. The molecule has 1 N–H and O–H groups in total. The number of benzene rings is 1. The number of nitrogens with zero attached hydrogens (tertiary/aromatic N) is 3. The standard InChI is InChI=1S/C23H32N4O/c1-5-17(3)25-23(28)20-15-24-21(18-11-9-10-16(2)14-18)26-22(20)27(4)19-12-7-6-8-13-19/h9-11,14-15,17,19H,5-8,12-13H2,1-4H3,(H,25,28)/t17-/m0/s1. The molecule has 28 heavy (non-hydrogen) atoms. The second kappa shape index (κ2) is 9.18. The number of aromatic nitrogens is 2. The Labute approximate surface area is 168 Å². The predicted octanol–water partition coefficient (Wildman–Crippen LogP) is 4.75. The van der Waals surface area contributed by atoms with Gasteiger partial charge in [-0.3, -0.25) is 4.79 Å². The topological polar surface area (TPSA) is 58.1 Å². The van der Waals surface area contributed by atoms with Gasteiger partial charge in [0, 0.05) is 30.9 Å². The Bertz CT molecular complexity index is 814. The van der Waals surface area contributed by atoms with Gasteiger partial charge in [0.15, 0.2) is 5.82 Å². The molecule has 1 aliphatic rings. The fourth-order valence-corrected chi connectivity index (χ4v) is 3.77. The molecule has 0 saturated heterocycles. The third-order valence-electron chi connectivity index (χ3n) is 5.74. The van der Waals surface area contributed by atoms with Gasteiger partial charge in [-0.05, 0) is 39.2 Å². The minimum absolute atomic E-state index is 0.0946. The van der Waals surface area contributed by atoms with Crippen molar-refractivity contribution in [2.24, 2.45) is 0 Å². The van der Waals surface area contributed by atoms with Crippen LogP contribution in [0.2, 0.25) is 0 Å².